The maximum Gasteiger partial charge on any atom is 0.415 e. The summed E-state index contributed by atoms with van der Waals surface area (Å²) in [6.45, 7) is 3.68. The maximum absolute atomic E-state index is 12.5. The van der Waals surface area contributed by atoms with Gasteiger partial charge in [-0.15, -0.1) is 0 Å². The Bertz CT molecular complexity index is 329. The number of halogens is 3. The molecule has 0 aliphatic heterocycles. The molecule has 0 aromatic heterocycles. The van der Waals surface area contributed by atoms with E-state index in [1.807, 2.05) is 5.32 Å². The quantitative estimate of drug-likeness (QED) is 0.691. The summed E-state index contributed by atoms with van der Waals surface area (Å²) in [4.78, 5) is 22.3. The Kier molecular flexibility index (Phi) is 5.15. The van der Waals surface area contributed by atoms with Crippen molar-refractivity contribution in [2.75, 3.05) is 0 Å². The van der Waals surface area contributed by atoms with Crippen molar-refractivity contribution in [3.05, 3.63) is 0 Å². The molecule has 0 radical (unpaired) electrons. The minimum atomic E-state index is -4.95. The Morgan fingerprint density at radius 2 is 1.83 bits per heavy atom. The molecule has 1 amide bonds. The van der Waals surface area contributed by atoms with Crippen LogP contribution >= 0.6 is 0 Å². The third-order valence-corrected chi connectivity index (χ3v) is 2.83. The van der Waals surface area contributed by atoms with Gasteiger partial charge in [0.25, 0.3) is 0 Å². The van der Waals surface area contributed by atoms with Gasteiger partial charge in [0.05, 0.1) is 0 Å². The fourth-order valence-electron chi connectivity index (χ4n) is 1.10. The molecule has 0 saturated carbocycles. The number of carbonyl (C=O) groups excluding carboxylic acids is 1. The highest BCUT2D eigenvalue weighted by Crippen LogP contribution is 2.28. The Balaban J connectivity index is 4.98. The summed E-state index contributed by atoms with van der Waals surface area (Å²) >= 11 is 0. The number of carboxylic acid groups (broad SMARTS) is 1. The van der Waals surface area contributed by atoms with E-state index in [0.29, 0.717) is 13.3 Å². The van der Waals surface area contributed by atoms with Crippen LogP contribution in [0.25, 0.3) is 0 Å². The van der Waals surface area contributed by atoms with Gasteiger partial charge in [0, 0.05) is 0 Å². The van der Waals surface area contributed by atoms with E-state index in [1.54, 1.807) is 6.92 Å². The van der Waals surface area contributed by atoms with E-state index >= 15 is 0 Å². The first kappa shape index (κ1) is 16.7. The van der Waals surface area contributed by atoms with E-state index in [2.05, 4.69) is 0 Å². The zero-order valence-corrected chi connectivity index (χ0v) is 10.3. The second kappa shape index (κ2) is 5.55. The molecule has 0 bridgehead atoms. The summed E-state index contributed by atoms with van der Waals surface area (Å²) in [5.41, 5.74) is 1.78. The van der Waals surface area contributed by atoms with Gasteiger partial charge >= 0.3 is 12.1 Å². The number of hydrogen-bond donors (Lipinski definition) is 3. The second-order valence-corrected chi connectivity index (χ2v) is 4.38. The van der Waals surface area contributed by atoms with Crippen LogP contribution in [-0.4, -0.2) is 34.7 Å². The van der Waals surface area contributed by atoms with Gasteiger partial charge in [-0.3, -0.25) is 4.79 Å². The first-order valence-electron chi connectivity index (χ1n) is 5.34. The molecule has 0 rings (SSSR count). The molecule has 0 aromatic rings. The molecule has 5 nitrogen and oxygen atoms in total. The summed E-state index contributed by atoms with van der Waals surface area (Å²) in [7, 11) is 0. The summed E-state index contributed by atoms with van der Waals surface area (Å²) in [6.07, 6.45) is -4.56. The van der Waals surface area contributed by atoms with Gasteiger partial charge in [-0.05, 0) is 12.8 Å². The van der Waals surface area contributed by atoms with Crippen molar-refractivity contribution < 1.29 is 27.9 Å². The number of amides is 1. The van der Waals surface area contributed by atoms with Crippen molar-refractivity contribution in [1.82, 2.24) is 5.32 Å². The zero-order valence-electron chi connectivity index (χ0n) is 10.3. The number of nitrogens with two attached hydrogens (primary N) is 1. The van der Waals surface area contributed by atoms with Crippen molar-refractivity contribution in [1.29, 1.82) is 0 Å². The monoisotopic (exact) mass is 270 g/mol. The van der Waals surface area contributed by atoms with Crippen molar-refractivity contribution in [3.8, 4) is 0 Å². The smallest absolute Gasteiger partial charge is 0.415 e. The molecule has 0 heterocycles. The molecule has 3 atom stereocenters. The fourth-order valence-corrected chi connectivity index (χ4v) is 1.10. The topological polar surface area (TPSA) is 92.4 Å². The molecular formula is C10H17F3N2O3. The number of alkyl halides is 3. The molecular weight excluding hydrogens is 253 g/mol. The van der Waals surface area contributed by atoms with Crippen molar-refractivity contribution >= 4 is 11.9 Å². The molecule has 18 heavy (non-hydrogen) atoms. The number of nitrogens with one attached hydrogen (secondary N) is 1. The average Bonchev–Trinajstić information content (AvgIpc) is 2.22. The summed E-state index contributed by atoms with van der Waals surface area (Å²) in [5.74, 6) is -3.45. The summed E-state index contributed by atoms with van der Waals surface area (Å²) in [5, 5.41) is 10.7. The first-order valence-corrected chi connectivity index (χ1v) is 5.34. The largest absolute Gasteiger partial charge is 0.480 e. The second-order valence-electron chi connectivity index (χ2n) is 4.38. The number of aliphatic carboxylic acids is 1. The number of carbonyl (C=O) groups is 2. The lowest BCUT2D eigenvalue weighted by Crippen LogP contribution is -2.64. The Morgan fingerprint density at radius 3 is 2.11 bits per heavy atom. The highest BCUT2D eigenvalue weighted by Gasteiger charge is 2.54. The van der Waals surface area contributed by atoms with Crippen LogP contribution in [0, 0.1) is 5.92 Å². The van der Waals surface area contributed by atoms with Crippen LogP contribution in [-0.2, 0) is 9.59 Å². The SMILES string of the molecule is CCC(C)C(NC(=O)C(C)(N)C(F)(F)F)C(=O)O. The zero-order chi connectivity index (χ0) is 14.7. The molecule has 0 saturated heterocycles. The highest BCUT2D eigenvalue weighted by molar-refractivity contribution is 5.90. The van der Waals surface area contributed by atoms with Gasteiger partial charge < -0.3 is 16.2 Å². The molecule has 0 fully saturated rings. The van der Waals surface area contributed by atoms with Crippen LogP contribution in [0.5, 0.6) is 0 Å². The van der Waals surface area contributed by atoms with Gasteiger partial charge in [0.15, 0.2) is 5.54 Å². The molecule has 0 aliphatic rings. The minimum Gasteiger partial charge on any atom is -0.480 e. The molecule has 0 aromatic carbocycles. The average molecular weight is 270 g/mol. The summed E-state index contributed by atoms with van der Waals surface area (Å²) < 4.78 is 37.5. The van der Waals surface area contributed by atoms with Gasteiger partial charge in [0.1, 0.15) is 6.04 Å². The van der Waals surface area contributed by atoms with Gasteiger partial charge in [0.2, 0.25) is 5.91 Å². The Hall–Kier alpha value is -1.31. The number of carboxylic acids is 1. The lowest BCUT2D eigenvalue weighted by atomic mass is 9.96. The van der Waals surface area contributed by atoms with Gasteiger partial charge in [-0.25, -0.2) is 4.79 Å². The Labute approximate surface area is 103 Å². The van der Waals surface area contributed by atoms with Crippen LogP contribution in [0.2, 0.25) is 0 Å². The fraction of sp³-hybridized carbons (Fsp3) is 0.800. The van der Waals surface area contributed by atoms with E-state index in [1.165, 1.54) is 6.92 Å². The van der Waals surface area contributed by atoms with Crippen molar-refractivity contribution in [3.63, 3.8) is 0 Å². The van der Waals surface area contributed by atoms with E-state index in [0.717, 1.165) is 0 Å². The normalized spacial score (nSPS) is 18.6. The standard InChI is InChI=1S/C10H17F3N2O3/c1-4-5(2)6(7(16)17)15-8(18)9(3,14)10(11,12)13/h5-6H,4,14H2,1-3H3,(H,15,18)(H,16,17). The van der Waals surface area contributed by atoms with Crippen LogP contribution < -0.4 is 11.1 Å². The van der Waals surface area contributed by atoms with E-state index in [-0.39, 0.29) is 0 Å². The van der Waals surface area contributed by atoms with Crippen molar-refractivity contribution in [2.24, 2.45) is 11.7 Å². The highest BCUT2D eigenvalue weighted by atomic mass is 19.4. The van der Waals surface area contributed by atoms with Gasteiger partial charge in [-0.1, -0.05) is 20.3 Å². The minimum absolute atomic E-state index is 0.393. The predicted octanol–water partition coefficient (Wildman–Crippen LogP) is 0.882. The molecule has 0 aliphatic carbocycles. The third-order valence-electron chi connectivity index (χ3n) is 2.83. The van der Waals surface area contributed by atoms with E-state index in [4.69, 9.17) is 10.8 Å². The lowest BCUT2D eigenvalue weighted by Gasteiger charge is -2.29. The van der Waals surface area contributed by atoms with Crippen LogP contribution in [0.15, 0.2) is 0 Å². The predicted molar refractivity (Wildman–Crippen MR) is 57.7 cm³/mol. The van der Waals surface area contributed by atoms with Crippen LogP contribution in [0.1, 0.15) is 27.2 Å². The van der Waals surface area contributed by atoms with Crippen LogP contribution in [0.3, 0.4) is 0 Å². The summed E-state index contributed by atoms with van der Waals surface area (Å²) in [6, 6.07) is -1.40. The third kappa shape index (κ3) is 3.59. The molecule has 8 heteroatoms. The van der Waals surface area contributed by atoms with E-state index in [9.17, 15) is 22.8 Å². The Morgan fingerprint density at radius 1 is 1.39 bits per heavy atom. The maximum atomic E-state index is 12.5. The van der Waals surface area contributed by atoms with E-state index < -0.39 is 35.6 Å². The molecule has 4 N–H and O–H groups in total. The molecule has 3 unspecified atom stereocenters. The van der Waals surface area contributed by atoms with Gasteiger partial charge in [-0.2, -0.15) is 13.2 Å². The molecule has 0 spiro atoms. The lowest BCUT2D eigenvalue weighted by molar-refractivity contribution is -0.188. The number of rotatable bonds is 5. The number of hydrogen-bond acceptors (Lipinski definition) is 3. The first-order chi connectivity index (χ1) is 7.95. The van der Waals surface area contributed by atoms with Crippen molar-refractivity contribution in [2.45, 2.75) is 44.9 Å². The van der Waals surface area contributed by atoms with Crippen LogP contribution in [0.4, 0.5) is 13.2 Å². The molecule has 106 valence electrons.